The van der Waals surface area contributed by atoms with E-state index in [9.17, 15) is 14.4 Å². The number of carbonyl (C=O) groups excluding carboxylic acids is 3. The van der Waals surface area contributed by atoms with Gasteiger partial charge >= 0.3 is 12.0 Å². The molecule has 0 unspecified atom stereocenters. The molecule has 8 heteroatoms. The lowest BCUT2D eigenvalue weighted by molar-refractivity contribution is 0.0527. The molecule has 138 valence electrons. The number of thiophene rings is 1. The summed E-state index contributed by atoms with van der Waals surface area (Å²) in [4.78, 5) is 38.7. The Kier molecular flexibility index (Phi) is 6.35. The van der Waals surface area contributed by atoms with Crippen LogP contribution in [0.4, 0.5) is 15.5 Å². The highest BCUT2D eigenvalue weighted by Crippen LogP contribution is 2.34. The van der Waals surface area contributed by atoms with E-state index in [2.05, 4.69) is 10.6 Å². The highest BCUT2D eigenvalue weighted by Gasteiger charge is 2.27. The molecule has 1 aromatic carbocycles. The van der Waals surface area contributed by atoms with E-state index in [1.54, 1.807) is 52.2 Å². The number of benzene rings is 1. The van der Waals surface area contributed by atoms with Crippen LogP contribution in [0.3, 0.4) is 0 Å². The minimum Gasteiger partial charge on any atom is -0.462 e. The third kappa shape index (κ3) is 4.40. The lowest BCUT2D eigenvalue weighted by atomic mass is 10.1. The van der Waals surface area contributed by atoms with Gasteiger partial charge in [-0.3, -0.25) is 10.1 Å². The minimum atomic E-state index is -0.575. The molecule has 0 aliphatic heterocycles. The van der Waals surface area contributed by atoms with Crippen LogP contribution >= 0.6 is 11.3 Å². The van der Waals surface area contributed by atoms with Gasteiger partial charge in [0.15, 0.2) is 0 Å². The van der Waals surface area contributed by atoms with Crippen molar-refractivity contribution in [3.8, 4) is 0 Å². The number of ether oxygens (including phenoxy) is 1. The summed E-state index contributed by atoms with van der Waals surface area (Å²) in [5.74, 6) is -0.816. The van der Waals surface area contributed by atoms with Crippen molar-refractivity contribution in [2.45, 2.75) is 13.8 Å². The molecule has 0 saturated carbocycles. The Hall–Kier alpha value is -2.87. The largest absolute Gasteiger partial charge is 0.462 e. The standard InChI is InChI=1S/C18H21N3O4S/c1-5-25-17(23)13-11(2)14(16(22)21(3)4)26-15(13)20-18(24)19-12-9-7-6-8-10-12/h6-10H,5H2,1-4H3,(H2,19,20,24). The predicted octanol–water partition coefficient (Wildman–Crippen LogP) is 3.58. The van der Waals surface area contributed by atoms with Crippen LogP contribution in [0.2, 0.25) is 0 Å². The van der Waals surface area contributed by atoms with Crippen molar-refractivity contribution in [1.29, 1.82) is 0 Å². The number of nitrogens with one attached hydrogen (secondary N) is 2. The summed E-state index contributed by atoms with van der Waals surface area (Å²) < 4.78 is 5.07. The first kappa shape index (κ1) is 19.5. The van der Waals surface area contributed by atoms with E-state index in [0.29, 0.717) is 16.1 Å². The maximum absolute atomic E-state index is 12.3. The van der Waals surface area contributed by atoms with Crippen LogP contribution in [0.15, 0.2) is 30.3 Å². The fourth-order valence-electron chi connectivity index (χ4n) is 2.24. The number of rotatable bonds is 5. The zero-order valence-corrected chi connectivity index (χ0v) is 15.9. The van der Waals surface area contributed by atoms with Gasteiger partial charge in [-0.15, -0.1) is 11.3 Å². The molecule has 3 amide bonds. The summed E-state index contributed by atoms with van der Waals surface area (Å²) in [6, 6.07) is 8.40. The molecule has 0 bridgehead atoms. The van der Waals surface area contributed by atoms with E-state index in [4.69, 9.17) is 4.74 Å². The number of esters is 1. The average molecular weight is 375 g/mol. The summed E-state index contributed by atoms with van der Waals surface area (Å²) in [5, 5.41) is 5.61. The van der Waals surface area contributed by atoms with Gasteiger partial charge in [-0.05, 0) is 31.5 Å². The number of hydrogen-bond acceptors (Lipinski definition) is 5. The van der Waals surface area contributed by atoms with E-state index < -0.39 is 12.0 Å². The minimum absolute atomic E-state index is 0.195. The number of amides is 3. The van der Waals surface area contributed by atoms with Gasteiger partial charge < -0.3 is 15.0 Å². The fourth-order valence-corrected chi connectivity index (χ4v) is 3.46. The van der Waals surface area contributed by atoms with Crippen LogP contribution in [0.1, 0.15) is 32.5 Å². The van der Waals surface area contributed by atoms with Crippen LogP contribution in [-0.2, 0) is 4.74 Å². The Balaban J connectivity index is 2.33. The molecule has 0 fully saturated rings. The number of anilines is 2. The van der Waals surface area contributed by atoms with Crippen molar-refractivity contribution in [2.75, 3.05) is 31.3 Å². The van der Waals surface area contributed by atoms with Gasteiger partial charge in [-0.1, -0.05) is 18.2 Å². The van der Waals surface area contributed by atoms with Gasteiger partial charge in [-0.25, -0.2) is 9.59 Å². The molecule has 0 radical (unpaired) electrons. The van der Waals surface area contributed by atoms with Crippen LogP contribution in [0, 0.1) is 6.92 Å². The zero-order valence-electron chi connectivity index (χ0n) is 15.1. The third-order valence-corrected chi connectivity index (χ3v) is 4.68. The summed E-state index contributed by atoms with van der Waals surface area (Å²) in [5.41, 5.74) is 1.30. The Morgan fingerprint density at radius 2 is 1.77 bits per heavy atom. The van der Waals surface area contributed by atoms with Crippen molar-refractivity contribution >= 4 is 39.9 Å². The normalized spacial score (nSPS) is 10.2. The van der Waals surface area contributed by atoms with E-state index in [-0.39, 0.29) is 23.1 Å². The quantitative estimate of drug-likeness (QED) is 0.782. The molecule has 26 heavy (non-hydrogen) atoms. The first-order chi connectivity index (χ1) is 12.3. The van der Waals surface area contributed by atoms with E-state index in [0.717, 1.165) is 11.3 Å². The second kappa shape index (κ2) is 8.48. The van der Waals surface area contributed by atoms with Gasteiger partial charge in [0.1, 0.15) is 5.00 Å². The van der Waals surface area contributed by atoms with Gasteiger partial charge in [0.2, 0.25) is 0 Å². The lowest BCUT2D eigenvalue weighted by Crippen LogP contribution is -2.21. The zero-order chi connectivity index (χ0) is 19.3. The first-order valence-electron chi connectivity index (χ1n) is 8.00. The molecular formula is C18H21N3O4S. The average Bonchev–Trinajstić information content (AvgIpc) is 2.91. The SMILES string of the molecule is CCOC(=O)c1c(NC(=O)Nc2ccccc2)sc(C(=O)N(C)C)c1C. The smallest absolute Gasteiger partial charge is 0.341 e. The molecule has 7 nitrogen and oxygen atoms in total. The Morgan fingerprint density at radius 3 is 2.35 bits per heavy atom. The monoisotopic (exact) mass is 375 g/mol. The molecule has 0 spiro atoms. The van der Waals surface area contributed by atoms with Crippen molar-refractivity contribution in [3.63, 3.8) is 0 Å². The summed E-state index contributed by atoms with van der Waals surface area (Å²) >= 11 is 1.05. The molecule has 0 atom stereocenters. The molecule has 1 heterocycles. The molecule has 0 saturated heterocycles. The second-order valence-electron chi connectivity index (χ2n) is 5.63. The topological polar surface area (TPSA) is 87.7 Å². The van der Waals surface area contributed by atoms with Crippen LogP contribution < -0.4 is 10.6 Å². The molecule has 2 aromatic rings. The van der Waals surface area contributed by atoms with Crippen molar-refractivity contribution in [2.24, 2.45) is 0 Å². The van der Waals surface area contributed by atoms with E-state index in [1.165, 1.54) is 4.90 Å². The van der Waals surface area contributed by atoms with Crippen molar-refractivity contribution in [1.82, 2.24) is 4.90 Å². The number of hydrogen-bond donors (Lipinski definition) is 2. The first-order valence-corrected chi connectivity index (χ1v) is 8.82. The number of para-hydroxylation sites is 1. The van der Waals surface area contributed by atoms with Crippen molar-refractivity contribution < 1.29 is 19.1 Å². The molecule has 1 aromatic heterocycles. The molecule has 0 aliphatic rings. The number of urea groups is 1. The number of carbonyl (C=O) groups is 3. The summed E-state index contributed by atoms with van der Waals surface area (Å²) in [7, 11) is 3.25. The van der Waals surface area contributed by atoms with Crippen LogP contribution in [-0.4, -0.2) is 43.5 Å². The van der Waals surface area contributed by atoms with E-state index >= 15 is 0 Å². The third-order valence-electron chi connectivity index (χ3n) is 3.49. The Morgan fingerprint density at radius 1 is 1.12 bits per heavy atom. The molecule has 2 N–H and O–H groups in total. The molecule has 0 aliphatic carbocycles. The highest BCUT2D eigenvalue weighted by molar-refractivity contribution is 7.18. The highest BCUT2D eigenvalue weighted by atomic mass is 32.1. The van der Waals surface area contributed by atoms with Crippen LogP contribution in [0.5, 0.6) is 0 Å². The number of nitrogens with zero attached hydrogens (tertiary/aromatic N) is 1. The summed E-state index contributed by atoms with van der Waals surface area (Å²) in [6.45, 7) is 3.56. The van der Waals surface area contributed by atoms with Gasteiger partial charge in [0.05, 0.1) is 17.0 Å². The van der Waals surface area contributed by atoms with E-state index in [1.807, 2.05) is 6.07 Å². The van der Waals surface area contributed by atoms with Gasteiger partial charge in [0.25, 0.3) is 5.91 Å². The molecular weight excluding hydrogens is 354 g/mol. The van der Waals surface area contributed by atoms with Gasteiger partial charge in [0, 0.05) is 19.8 Å². The maximum Gasteiger partial charge on any atom is 0.341 e. The Bertz CT molecular complexity index is 815. The lowest BCUT2D eigenvalue weighted by Gasteiger charge is -2.09. The predicted molar refractivity (Wildman–Crippen MR) is 102 cm³/mol. The summed E-state index contributed by atoms with van der Waals surface area (Å²) in [6.07, 6.45) is 0. The second-order valence-corrected chi connectivity index (χ2v) is 6.65. The Labute approximate surface area is 156 Å². The van der Waals surface area contributed by atoms with Crippen molar-refractivity contribution in [3.05, 3.63) is 46.3 Å². The van der Waals surface area contributed by atoms with Gasteiger partial charge in [-0.2, -0.15) is 0 Å². The van der Waals surface area contributed by atoms with Crippen LogP contribution in [0.25, 0.3) is 0 Å². The molecule has 2 rings (SSSR count). The fraction of sp³-hybridized carbons (Fsp3) is 0.278. The maximum atomic E-state index is 12.3.